The van der Waals surface area contributed by atoms with Gasteiger partial charge in [0, 0.05) is 25.2 Å². The summed E-state index contributed by atoms with van der Waals surface area (Å²) in [4.78, 5) is 23.3. The van der Waals surface area contributed by atoms with Crippen molar-refractivity contribution in [1.82, 2.24) is 10.6 Å². The Morgan fingerprint density at radius 3 is 1.44 bits per heavy atom. The van der Waals surface area contributed by atoms with Crippen molar-refractivity contribution in [3.05, 3.63) is 83.4 Å². The number of carbonyl (C=O) groups excluding carboxylic acids is 2. The van der Waals surface area contributed by atoms with Crippen LogP contribution in [0.2, 0.25) is 0 Å². The van der Waals surface area contributed by atoms with E-state index in [-0.39, 0.29) is 23.4 Å². The third-order valence-electron chi connectivity index (χ3n) is 3.55. The van der Waals surface area contributed by atoms with Crippen LogP contribution in [-0.2, 0) is 9.59 Å². The van der Waals surface area contributed by atoms with Crippen LogP contribution in [0.15, 0.2) is 60.7 Å². The van der Waals surface area contributed by atoms with E-state index in [4.69, 9.17) is 0 Å². The van der Waals surface area contributed by atoms with E-state index in [0.717, 1.165) is 11.1 Å². The average Bonchev–Trinajstić information content (AvgIpc) is 2.67. The van der Waals surface area contributed by atoms with Crippen LogP contribution in [0.4, 0.5) is 8.78 Å². The quantitative estimate of drug-likeness (QED) is 0.553. The predicted molar refractivity (Wildman–Crippen MR) is 102 cm³/mol. The van der Waals surface area contributed by atoms with Gasteiger partial charge in [-0.1, -0.05) is 24.3 Å². The second-order valence-electron chi connectivity index (χ2n) is 5.71. The van der Waals surface area contributed by atoms with Crippen molar-refractivity contribution in [3.63, 3.8) is 0 Å². The number of amides is 2. The van der Waals surface area contributed by atoms with Gasteiger partial charge in [0.1, 0.15) is 11.6 Å². The van der Waals surface area contributed by atoms with Crippen molar-refractivity contribution in [2.45, 2.75) is 6.42 Å². The van der Waals surface area contributed by atoms with Crippen LogP contribution in [-0.4, -0.2) is 24.9 Å². The molecule has 0 bridgehead atoms. The van der Waals surface area contributed by atoms with Crippen LogP contribution in [0, 0.1) is 11.6 Å². The second kappa shape index (κ2) is 10.7. The lowest BCUT2D eigenvalue weighted by Gasteiger charge is -2.03. The summed E-state index contributed by atoms with van der Waals surface area (Å²) in [5, 5.41) is 5.39. The molecule has 27 heavy (non-hydrogen) atoms. The first kappa shape index (κ1) is 20.0. The van der Waals surface area contributed by atoms with Gasteiger partial charge in [-0.2, -0.15) is 0 Å². The predicted octanol–water partition coefficient (Wildman–Crippen LogP) is 3.31. The number of hydrogen-bond acceptors (Lipinski definition) is 2. The highest BCUT2D eigenvalue weighted by Crippen LogP contribution is 2.05. The van der Waals surface area contributed by atoms with Crippen LogP contribution in [0.3, 0.4) is 0 Å². The molecular formula is C21H20F2N2O2. The molecule has 0 unspecified atom stereocenters. The van der Waals surface area contributed by atoms with Crippen LogP contribution >= 0.6 is 0 Å². The highest BCUT2D eigenvalue weighted by atomic mass is 19.1. The van der Waals surface area contributed by atoms with E-state index in [0.29, 0.717) is 19.5 Å². The Bertz CT molecular complexity index is 744. The normalized spacial score (nSPS) is 11.0. The highest BCUT2D eigenvalue weighted by molar-refractivity contribution is 5.92. The van der Waals surface area contributed by atoms with Gasteiger partial charge in [-0.05, 0) is 54.0 Å². The van der Waals surface area contributed by atoms with Crippen molar-refractivity contribution in [3.8, 4) is 0 Å². The smallest absolute Gasteiger partial charge is 0.244 e. The molecule has 4 nitrogen and oxygen atoms in total. The van der Waals surface area contributed by atoms with Crippen molar-refractivity contribution < 1.29 is 18.4 Å². The number of rotatable bonds is 8. The molecule has 0 radical (unpaired) electrons. The van der Waals surface area contributed by atoms with Crippen molar-refractivity contribution in [2.75, 3.05) is 13.1 Å². The maximum atomic E-state index is 12.8. The van der Waals surface area contributed by atoms with E-state index in [1.54, 1.807) is 36.4 Å². The molecule has 0 aliphatic carbocycles. The first-order valence-corrected chi connectivity index (χ1v) is 8.46. The fraction of sp³-hybridized carbons (Fsp3) is 0.143. The fourth-order valence-corrected chi connectivity index (χ4v) is 2.12. The lowest BCUT2D eigenvalue weighted by Crippen LogP contribution is -2.28. The van der Waals surface area contributed by atoms with Gasteiger partial charge in [0.05, 0.1) is 0 Å². The van der Waals surface area contributed by atoms with Gasteiger partial charge in [-0.25, -0.2) is 8.78 Å². The van der Waals surface area contributed by atoms with E-state index in [1.165, 1.54) is 36.4 Å². The summed E-state index contributed by atoms with van der Waals surface area (Å²) in [5.74, 6) is -1.18. The monoisotopic (exact) mass is 370 g/mol. The molecule has 0 heterocycles. The SMILES string of the molecule is O=C(C=Cc1ccc(F)cc1)NCCCNC(=O)C=Cc1ccc(F)cc1. The average molecular weight is 370 g/mol. The molecule has 0 aliphatic rings. The first-order valence-electron chi connectivity index (χ1n) is 8.46. The number of carbonyl (C=O) groups is 2. The van der Waals surface area contributed by atoms with Gasteiger partial charge in [-0.15, -0.1) is 0 Å². The molecule has 2 amide bonds. The van der Waals surface area contributed by atoms with Gasteiger partial charge < -0.3 is 10.6 Å². The van der Waals surface area contributed by atoms with Gasteiger partial charge in [-0.3, -0.25) is 9.59 Å². The van der Waals surface area contributed by atoms with E-state index < -0.39 is 0 Å². The molecular weight excluding hydrogens is 350 g/mol. The molecule has 2 N–H and O–H groups in total. The highest BCUT2D eigenvalue weighted by Gasteiger charge is 1.98. The molecule has 2 aromatic rings. The Hall–Kier alpha value is -3.28. The van der Waals surface area contributed by atoms with E-state index >= 15 is 0 Å². The molecule has 0 spiro atoms. The topological polar surface area (TPSA) is 58.2 Å². The maximum absolute atomic E-state index is 12.8. The number of nitrogens with one attached hydrogen (secondary N) is 2. The Balaban J connectivity index is 1.60. The molecule has 0 aliphatic heterocycles. The minimum Gasteiger partial charge on any atom is -0.352 e. The van der Waals surface area contributed by atoms with Crippen molar-refractivity contribution in [1.29, 1.82) is 0 Å². The summed E-state index contributed by atoms with van der Waals surface area (Å²) in [6, 6.07) is 11.6. The molecule has 0 saturated carbocycles. The van der Waals surface area contributed by atoms with Gasteiger partial charge in [0.25, 0.3) is 0 Å². The Morgan fingerprint density at radius 2 is 1.07 bits per heavy atom. The van der Waals surface area contributed by atoms with E-state index in [1.807, 2.05) is 0 Å². The van der Waals surface area contributed by atoms with Gasteiger partial charge in [0.2, 0.25) is 11.8 Å². The molecule has 0 atom stereocenters. The Morgan fingerprint density at radius 1 is 0.704 bits per heavy atom. The van der Waals surface area contributed by atoms with Crippen molar-refractivity contribution >= 4 is 24.0 Å². The molecule has 0 saturated heterocycles. The lowest BCUT2D eigenvalue weighted by molar-refractivity contribution is -0.116. The summed E-state index contributed by atoms with van der Waals surface area (Å²) < 4.78 is 25.6. The zero-order valence-electron chi connectivity index (χ0n) is 14.6. The zero-order chi connectivity index (χ0) is 19.5. The Kier molecular flexibility index (Phi) is 7.91. The molecule has 0 aromatic heterocycles. The summed E-state index contributed by atoms with van der Waals surface area (Å²) >= 11 is 0. The van der Waals surface area contributed by atoms with Crippen molar-refractivity contribution in [2.24, 2.45) is 0 Å². The van der Waals surface area contributed by atoms with E-state index in [9.17, 15) is 18.4 Å². The Labute approximate surface area is 156 Å². The summed E-state index contributed by atoms with van der Waals surface area (Å²) in [7, 11) is 0. The third kappa shape index (κ3) is 8.09. The maximum Gasteiger partial charge on any atom is 0.244 e. The molecule has 2 aromatic carbocycles. The zero-order valence-corrected chi connectivity index (χ0v) is 14.6. The van der Waals surface area contributed by atoms with Crippen LogP contribution in [0.5, 0.6) is 0 Å². The number of hydrogen-bond donors (Lipinski definition) is 2. The molecule has 0 fully saturated rings. The number of benzene rings is 2. The molecule has 140 valence electrons. The molecule has 2 rings (SSSR count). The molecule has 6 heteroatoms. The summed E-state index contributed by atoms with van der Waals surface area (Å²) in [5.41, 5.74) is 1.46. The fourth-order valence-electron chi connectivity index (χ4n) is 2.12. The minimum atomic E-state index is -0.328. The van der Waals surface area contributed by atoms with Gasteiger partial charge in [0.15, 0.2) is 0 Å². The van der Waals surface area contributed by atoms with Gasteiger partial charge >= 0.3 is 0 Å². The largest absolute Gasteiger partial charge is 0.352 e. The first-order chi connectivity index (χ1) is 13.0. The summed E-state index contributed by atoms with van der Waals surface area (Å²) in [6.07, 6.45) is 6.51. The van der Waals surface area contributed by atoms with Crippen LogP contribution < -0.4 is 10.6 Å². The summed E-state index contributed by atoms with van der Waals surface area (Å²) in [6.45, 7) is 0.823. The lowest BCUT2D eigenvalue weighted by atomic mass is 10.2. The standard InChI is InChI=1S/C21H20F2N2O2/c22-18-8-2-16(3-9-18)6-12-20(26)24-14-1-15-25-21(27)13-7-17-4-10-19(23)11-5-17/h2-13H,1,14-15H2,(H,24,26)(H,25,27). The minimum absolute atomic E-state index is 0.262. The van der Waals surface area contributed by atoms with Crippen LogP contribution in [0.25, 0.3) is 12.2 Å². The third-order valence-corrected chi connectivity index (χ3v) is 3.55. The van der Waals surface area contributed by atoms with Crippen LogP contribution in [0.1, 0.15) is 17.5 Å². The second-order valence-corrected chi connectivity index (χ2v) is 5.71. The number of halogens is 2. The van der Waals surface area contributed by atoms with E-state index in [2.05, 4.69) is 10.6 Å².